The Hall–Kier alpha value is -3.55. The largest absolute Gasteiger partial charge is 0.454 e. The molecule has 7 nitrogen and oxygen atoms in total. The van der Waals surface area contributed by atoms with Crippen LogP contribution in [0.5, 0.6) is 0 Å². The number of hydrogen-bond acceptors (Lipinski definition) is 5. The molecule has 2 aromatic carbocycles. The second-order valence-corrected chi connectivity index (χ2v) is 7.25. The Bertz CT molecular complexity index is 999. The van der Waals surface area contributed by atoms with Crippen molar-refractivity contribution >= 4 is 23.7 Å². The number of rotatable bonds is 7. The Balaban J connectivity index is 1.34. The van der Waals surface area contributed by atoms with Crippen molar-refractivity contribution in [1.82, 2.24) is 9.80 Å². The van der Waals surface area contributed by atoms with E-state index in [1.807, 2.05) is 0 Å². The van der Waals surface area contributed by atoms with Crippen LogP contribution in [0.15, 0.2) is 48.5 Å². The Labute approximate surface area is 172 Å². The summed E-state index contributed by atoms with van der Waals surface area (Å²) < 4.78 is 18.9. The number of amides is 3. The van der Waals surface area contributed by atoms with E-state index in [2.05, 4.69) is 0 Å². The molecular formula is C22H19FN2O5. The third-order valence-electron chi connectivity index (χ3n) is 5.13. The first-order valence-corrected chi connectivity index (χ1v) is 9.59. The maximum atomic E-state index is 13.9. The minimum Gasteiger partial charge on any atom is -0.454 e. The van der Waals surface area contributed by atoms with Crippen LogP contribution in [0.3, 0.4) is 0 Å². The molecule has 30 heavy (non-hydrogen) atoms. The molecule has 0 atom stereocenters. The number of imide groups is 1. The average Bonchev–Trinajstić information content (AvgIpc) is 3.56. The molecule has 4 rings (SSSR count). The van der Waals surface area contributed by atoms with E-state index < -0.39 is 42.7 Å². The van der Waals surface area contributed by atoms with E-state index in [0.717, 1.165) is 17.7 Å². The van der Waals surface area contributed by atoms with E-state index >= 15 is 0 Å². The second kappa shape index (κ2) is 8.06. The van der Waals surface area contributed by atoms with Crippen molar-refractivity contribution in [1.29, 1.82) is 0 Å². The van der Waals surface area contributed by atoms with Crippen LogP contribution >= 0.6 is 0 Å². The SMILES string of the molecule is O=C(CN1C(=O)c2ccccc2C1=O)OCC(=O)N(Cc1ccccc1F)C1CC1. The molecule has 2 aliphatic rings. The van der Waals surface area contributed by atoms with E-state index in [4.69, 9.17) is 4.74 Å². The molecule has 1 heterocycles. The van der Waals surface area contributed by atoms with Crippen LogP contribution in [0.1, 0.15) is 39.1 Å². The van der Waals surface area contributed by atoms with Crippen molar-refractivity contribution in [3.05, 3.63) is 71.0 Å². The first-order valence-electron chi connectivity index (χ1n) is 9.59. The molecular weight excluding hydrogens is 391 g/mol. The van der Waals surface area contributed by atoms with Crippen LogP contribution < -0.4 is 0 Å². The Morgan fingerprint density at radius 1 is 1.00 bits per heavy atom. The van der Waals surface area contributed by atoms with Gasteiger partial charge in [0.2, 0.25) is 0 Å². The smallest absolute Gasteiger partial charge is 0.326 e. The second-order valence-electron chi connectivity index (χ2n) is 7.25. The zero-order valence-corrected chi connectivity index (χ0v) is 16.0. The topological polar surface area (TPSA) is 84.0 Å². The van der Waals surface area contributed by atoms with Gasteiger partial charge in [-0.3, -0.25) is 24.1 Å². The van der Waals surface area contributed by atoms with Crippen molar-refractivity contribution in [2.45, 2.75) is 25.4 Å². The zero-order chi connectivity index (χ0) is 21.3. The number of benzene rings is 2. The molecule has 1 aliphatic carbocycles. The number of carbonyl (C=O) groups is 4. The molecule has 0 N–H and O–H groups in total. The molecule has 3 amide bonds. The molecule has 0 unspecified atom stereocenters. The summed E-state index contributed by atoms with van der Waals surface area (Å²) in [5.74, 6) is -2.86. The third-order valence-corrected chi connectivity index (χ3v) is 5.13. The quantitative estimate of drug-likeness (QED) is 0.516. The van der Waals surface area contributed by atoms with Gasteiger partial charge in [0.25, 0.3) is 17.7 Å². The highest BCUT2D eigenvalue weighted by Gasteiger charge is 2.37. The monoisotopic (exact) mass is 410 g/mol. The number of esters is 1. The van der Waals surface area contributed by atoms with Gasteiger partial charge in [0.1, 0.15) is 12.4 Å². The van der Waals surface area contributed by atoms with Gasteiger partial charge in [-0.2, -0.15) is 0 Å². The van der Waals surface area contributed by atoms with Gasteiger partial charge in [0, 0.05) is 18.2 Å². The molecule has 2 aromatic rings. The number of hydrogen-bond donors (Lipinski definition) is 0. The molecule has 1 saturated carbocycles. The predicted octanol–water partition coefficient (Wildman–Crippen LogP) is 2.16. The first kappa shape index (κ1) is 19.8. The molecule has 0 radical (unpaired) electrons. The van der Waals surface area contributed by atoms with Crippen LogP contribution in [0.4, 0.5) is 4.39 Å². The van der Waals surface area contributed by atoms with Crippen LogP contribution in [0.2, 0.25) is 0 Å². The number of carbonyl (C=O) groups excluding carboxylic acids is 4. The van der Waals surface area contributed by atoms with Crippen LogP contribution in [-0.2, 0) is 20.9 Å². The summed E-state index contributed by atoms with van der Waals surface area (Å²) in [6.45, 7) is -1.02. The van der Waals surface area contributed by atoms with E-state index in [0.29, 0.717) is 5.56 Å². The highest BCUT2D eigenvalue weighted by Crippen LogP contribution is 2.29. The molecule has 0 aromatic heterocycles. The van der Waals surface area contributed by atoms with Crippen molar-refractivity contribution in [3.63, 3.8) is 0 Å². The maximum Gasteiger partial charge on any atom is 0.326 e. The van der Waals surface area contributed by atoms with Crippen molar-refractivity contribution < 1.29 is 28.3 Å². The van der Waals surface area contributed by atoms with Gasteiger partial charge in [-0.15, -0.1) is 0 Å². The molecule has 8 heteroatoms. The third kappa shape index (κ3) is 3.94. The number of ether oxygens (including phenoxy) is 1. The summed E-state index contributed by atoms with van der Waals surface area (Å²) in [5, 5.41) is 0. The average molecular weight is 410 g/mol. The maximum absolute atomic E-state index is 13.9. The Kier molecular flexibility index (Phi) is 5.31. The van der Waals surface area contributed by atoms with Gasteiger partial charge in [0.05, 0.1) is 11.1 Å². The van der Waals surface area contributed by atoms with E-state index in [9.17, 15) is 23.6 Å². The molecule has 0 saturated heterocycles. The molecule has 0 spiro atoms. The molecule has 1 aliphatic heterocycles. The molecule has 154 valence electrons. The zero-order valence-electron chi connectivity index (χ0n) is 16.0. The summed E-state index contributed by atoms with van der Waals surface area (Å²) in [6, 6.07) is 12.5. The summed E-state index contributed by atoms with van der Waals surface area (Å²) >= 11 is 0. The van der Waals surface area contributed by atoms with Crippen molar-refractivity contribution in [2.24, 2.45) is 0 Å². The minimum absolute atomic E-state index is 0.00737. The first-order chi connectivity index (χ1) is 14.5. The fraction of sp³-hybridized carbons (Fsp3) is 0.273. The van der Waals surface area contributed by atoms with E-state index in [1.165, 1.54) is 23.1 Å². The lowest BCUT2D eigenvalue weighted by atomic mass is 10.1. The summed E-state index contributed by atoms with van der Waals surface area (Å²) in [4.78, 5) is 51.6. The highest BCUT2D eigenvalue weighted by atomic mass is 19.1. The Morgan fingerprint density at radius 2 is 1.60 bits per heavy atom. The number of nitrogens with zero attached hydrogens (tertiary/aromatic N) is 2. The van der Waals surface area contributed by atoms with Gasteiger partial charge in [0.15, 0.2) is 6.61 Å². The lowest BCUT2D eigenvalue weighted by Crippen LogP contribution is -2.39. The summed E-state index contributed by atoms with van der Waals surface area (Å²) in [7, 11) is 0. The lowest BCUT2D eigenvalue weighted by molar-refractivity contribution is -0.152. The van der Waals surface area contributed by atoms with Crippen LogP contribution in [0.25, 0.3) is 0 Å². The standard InChI is InChI=1S/C22H19FN2O5/c23-18-8-4-1-5-14(18)11-24(15-9-10-15)19(26)13-30-20(27)12-25-21(28)16-6-2-3-7-17(16)22(25)29/h1-8,15H,9-13H2. The van der Waals surface area contributed by atoms with Gasteiger partial charge in [-0.05, 0) is 31.0 Å². The summed E-state index contributed by atoms with van der Waals surface area (Å²) in [6.07, 6.45) is 1.62. The molecule has 1 fully saturated rings. The predicted molar refractivity (Wildman–Crippen MR) is 103 cm³/mol. The number of halogens is 1. The van der Waals surface area contributed by atoms with Gasteiger partial charge in [-0.25, -0.2) is 4.39 Å². The minimum atomic E-state index is -0.862. The van der Waals surface area contributed by atoms with Gasteiger partial charge in [-0.1, -0.05) is 30.3 Å². The van der Waals surface area contributed by atoms with Crippen LogP contribution in [-0.4, -0.2) is 52.7 Å². The van der Waals surface area contributed by atoms with E-state index in [1.54, 1.807) is 30.3 Å². The Morgan fingerprint density at radius 3 is 2.20 bits per heavy atom. The van der Waals surface area contributed by atoms with Crippen LogP contribution in [0, 0.1) is 5.82 Å². The lowest BCUT2D eigenvalue weighted by Gasteiger charge is -2.23. The normalized spacial score (nSPS) is 15.2. The summed E-state index contributed by atoms with van der Waals surface area (Å²) in [5.41, 5.74) is 0.849. The van der Waals surface area contributed by atoms with Gasteiger partial charge < -0.3 is 9.64 Å². The van der Waals surface area contributed by atoms with Gasteiger partial charge >= 0.3 is 5.97 Å². The fourth-order valence-electron chi connectivity index (χ4n) is 3.40. The van der Waals surface area contributed by atoms with Crippen molar-refractivity contribution in [3.8, 4) is 0 Å². The van der Waals surface area contributed by atoms with E-state index in [-0.39, 0.29) is 23.7 Å². The molecule has 0 bridgehead atoms. The van der Waals surface area contributed by atoms with Crippen molar-refractivity contribution in [2.75, 3.05) is 13.2 Å². The highest BCUT2D eigenvalue weighted by molar-refractivity contribution is 6.22. The fourth-order valence-corrected chi connectivity index (χ4v) is 3.40. The number of fused-ring (bicyclic) bond motifs is 1.